The molecule has 0 saturated carbocycles. The van der Waals surface area contributed by atoms with Crippen LogP contribution in [0.25, 0.3) is 0 Å². The van der Waals surface area contributed by atoms with Crippen molar-refractivity contribution in [2.45, 2.75) is 6.42 Å². The van der Waals surface area contributed by atoms with Crippen LogP contribution in [0.5, 0.6) is 11.5 Å². The predicted octanol–water partition coefficient (Wildman–Crippen LogP) is 3.04. The fourth-order valence-electron chi connectivity index (χ4n) is 2.67. The number of carbonyl (C=O) groups excluding carboxylic acids is 1. The van der Waals surface area contributed by atoms with Crippen molar-refractivity contribution in [1.29, 1.82) is 0 Å². The molecule has 0 aromatic heterocycles. The number of benzene rings is 2. The molecule has 0 fully saturated rings. The third-order valence-corrected chi connectivity index (χ3v) is 4.60. The number of likely N-dealkylation sites (N-methyl/N-ethyl adjacent to an activating group) is 2. The Labute approximate surface area is 206 Å². The topological polar surface area (TPSA) is 66.4 Å². The Morgan fingerprint density at radius 1 is 1.09 bits per heavy atom. The SMILES string of the molecule is COc1ccc(CCNC(=NCC(=O)N(C)C)N(C)CCOc2ccccc2F)cc1.I. The van der Waals surface area contributed by atoms with E-state index in [1.54, 1.807) is 39.4 Å². The van der Waals surface area contributed by atoms with Gasteiger partial charge in [0.05, 0.1) is 13.7 Å². The van der Waals surface area contributed by atoms with Crippen LogP contribution in [-0.4, -0.2) is 76.2 Å². The Kier molecular flexibility index (Phi) is 12.4. The highest BCUT2D eigenvalue weighted by Crippen LogP contribution is 2.15. The van der Waals surface area contributed by atoms with E-state index in [1.807, 2.05) is 36.2 Å². The molecule has 0 heterocycles. The monoisotopic (exact) mass is 558 g/mol. The van der Waals surface area contributed by atoms with Crippen LogP contribution in [0.3, 0.4) is 0 Å². The summed E-state index contributed by atoms with van der Waals surface area (Å²) in [5, 5.41) is 3.30. The summed E-state index contributed by atoms with van der Waals surface area (Å²) < 4.78 is 24.4. The normalized spacial score (nSPS) is 10.7. The highest BCUT2D eigenvalue weighted by molar-refractivity contribution is 14.0. The molecule has 0 saturated heterocycles. The largest absolute Gasteiger partial charge is 0.497 e. The number of guanidine groups is 1. The molecular weight excluding hydrogens is 526 g/mol. The molecule has 0 aliphatic rings. The van der Waals surface area contributed by atoms with Crippen LogP contribution < -0.4 is 14.8 Å². The average molecular weight is 558 g/mol. The maximum atomic E-state index is 13.7. The van der Waals surface area contributed by atoms with Crippen LogP contribution in [0.15, 0.2) is 53.5 Å². The fraction of sp³-hybridized carbons (Fsp3) is 0.391. The smallest absolute Gasteiger partial charge is 0.243 e. The molecule has 32 heavy (non-hydrogen) atoms. The van der Waals surface area contributed by atoms with Crippen molar-refractivity contribution in [3.8, 4) is 11.5 Å². The van der Waals surface area contributed by atoms with Crippen LogP contribution in [0.2, 0.25) is 0 Å². The van der Waals surface area contributed by atoms with E-state index in [1.165, 1.54) is 11.0 Å². The number of aliphatic imine (C=N–C) groups is 1. The zero-order chi connectivity index (χ0) is 22.6. The van der Waals surface area contributed by atoms with Gasteiger partial charge in [-0.15, -0.1) is 24.0 Å². The van der Waals surface area contributed by atoms with Crippen molar-refractivity contribution >= 4 is 35.8 Å². The van der Waals surface area contributed by atoms with Gasteiger partial charge in [-0.25, -0.2) is 9.38 Å². The molecule has 7 nitrogen and oxygen atoms in total. The lowest BCUT2D eigenvalue weighted by Gasteiger charge is -2.23. The number of para-hydroxylation sites is 1. The van der Waals surface area contributed by atoms with Gasteiger partial charge in [-0.2, -0.15) is 0 Å². The summed E-state index contributed by atoms with van der Waals surface area (Å²) >= 11 is 0. The van der Waals surface area contributed by atoms with Gasteiger partial charge < -0.3 is 24.6 Å². The summed E-state index contributed by atoms with van der Waals surface area (Å²) in [6.07, 6.45) is 0.782. The molecule has 0 unspecified atom stereocenters. The van der Waals surface area contributed by atoms with Gasteiger partial charge in [-0.1, -0.05) is 24.3 Å². The van der Waals surface area contributed by atoms with E-state index in [4.69, 9.17) is 9.47 Å². The second-order valence-electron chi connectivity index (χ2n) is 7.15. The lowest BCUT2D eigenvalue weighted by molar-refractivity contribution is -0.127. The van der Waals surface area contributed by atoms with Crippen molar-refractivity contribution in [2.75, 3.05) is 54.5 Å². The third-order valence-electron chi connectivity index (χ3n) is 4.60. The molecule has 0 aliphatic carbocycles. The van der Waals surface area contributed by atoms with E-state index in [2.05, 4.69) is 10.3 Å². The number of halogens is 2. The third kappa shape index (κ3) is 9.29. The van der Waals surface area contributed by atoms with Crippen LogP contribution in [0, 0.1) is 5.82 Å². The molecular formula is C23H32FIN4O3. The van der Waals surface area contributed by atoms with E-state index < -0.39 is 5.82 Å². The van der Waals surface area contributed by atoms with Crippen molar-refractivity contribution in [3.63, 3.8) is 0 Å². The zero-order valence-electron chi connectivity index (χ0n) is 19.0. The molecule has 9 heteroatoms. The number of methoxy groups -OCH3 is 1. The van der Waals surface area contributed by atoms with E-state index >= 15 is 0 Å². The van der Waals surface area contributed by atoms with Gasteiger partial charge in [0.1, 0.15) is 18.9 Å². The van der Waals surface area contributed by atoms with Crippen LogP contribution in [0.4, 0.5) is 4.39 Å². The Hall–Kier alpha value is -2.56. The van der Waals surface area contributed by atoms with Crippen LogP contribution >= 0.6 is 24.0 Å². The maximum Gasteiger partial charge on any atom is 0.243 e. The second-order valence-corrected chi connectivity index (χ2v) is 7.15. The Morgan fingerprint density at radius 3 is 2.41 bits per heavy atom. The average Bonchev–Trinajstić information content (AvgIpc) is 2.77. The summed E-state index contributed by atoms with van der Waals surface area (Å²) in [4.78, 5) is 19.8. The minimum atomic E-state index is -0.395. The molecule has 2 aromatic carbocycles. The summed E-state index contributed by atoms with van der Waals surface area (Å²) in [6, 6.07) is 14.2. The number of nitrogens with one attached hydrogen (secondary N) is 1. The highest BCUT2D eigenvalue weighted by atomic mass is 127. The van der Waals surface area contributed by atoms with Crippen LogP contribution in [0.1, 0.15) is 5.56 Å². The molecule has 0 bridgehead atoms. The number of hydrogen-bond acceptors (Lipinski definition) is 4. The number of rotatable bonds is 10. The number of carbonyl (C=O) groups is 1. The van der Waals surface area contributed by atoms with Crippen molar-refractivity contribution in [2.24, 2.45) is 4.99 Å². The van der Waals surface area contributed by atoms with E-state index in [9.17, 15) is 9.18 Å². The molecule has 176 valence electrons. The highest BCUT2D eigenvalue weighted by Gasteiger charge is 2.10. The molecule has 0 atom stereocenters. The first-order valence-corrected chi connectivity index (χ1v) is 10.1. The fourth-order valence-corrected chi connectivity index (χ4v) is 2.67. The first-order chi connectivity index (χ1) is 14.9. The van der Waals surface area contributed by atoms with Crippen molar-refractivity contribution < 1.29 is 18.7 Å². The van der Waals surface area contributed by atoms with Crippen molar-refractivity contribution in [1.82, 2.24) is 15.1 Å². The molecule has 2 aromatic rings. The van der Waals surface area contributed by atoms with E-state index in [-0.39, 0.29) is 48.8 Å². The van der Waals surface area contributed by atoms with Gasteiger partial charge in [0.15, 0.2) is 17.5 Å². The van der Waals surface area contributed by atoms with Gasteiger partial charge >= 0.3 is 0 Å². The summed E-state index contributed by atoms with van der Waals surface area (Å²) in [6.45, 7) is 1.42. The van der Waals surface area contributed by atoms with Gasteiger partial charge in [0.25, 0.3) is 0 Å². The van der Waals surface area contributed by atoms with Crippen LogP contribution in [-0.2, 0) is 11.2 Å². The molecule has 0 spiro atoms. The Morgan fingerprint density at radius 2 is 1.78 bits per heavy atom. The molecule has 0 aliphatic heterocycles. The van der Waals surface area contributed by atoms with Gasteiger partial charge in [0.2, 0.25) is 5.91 Å². The molecule has 1 N–H and O–H groups in total. The van der Waals surface area contributed by atoms with E-state index in [0.29, 0.717) is 19.0 Å². The predicted molar refractivity (Wildman–Crippen MR) is 136 cm³/mol. The minimum absolute atomic E-state index is 0. The lowest BCUT2D eigenvalue weighted by Crippen LogP contribution is -2.42. The Balaban J connectivity index is 0.00000512. The zero-order valence-corrected chi connectivity index (χ0v) is 21.3. The molecule has 2 rings (SSSR count). The first-order valence-electron chi connectivity index (χ1n) is 10.1. The van der Waals surface area contributed by atoms with E-state index in [0.717, 1.165) is 17.7 Å². The van der Waals surface area contributed by atoms with Gasteiger partial charge in [0, 0.05) is 27.7 Å². The van der Waals surface area contributed by atoms with Gasteiger partial charge in [-0.05, 0) is 36.2 Å². The summed E-state index contributed by atoms with van der Waals surface area (Å²) in [5.74, 6) is 1.12. The number of amides is 1. The number of hydrogen-bond donors (Lipinski definition) is 1. The quantitative estimate of drug-likeness (QED) is 0.276. The standard InChI is InChI=1S/C23H31FN4O3.HI/c1-27(2)22(29)17-26-23(25-14-13-18-9-11-19(30-4)12-10-18)28(3)15-16-31-21-8-6-5-7-20(21)24;/h5-12H,13-17H2,1-4H3,(H,25,26);1H. The molecule has 1 amide bonds. The maximum absolute atomic E-state index is 13.7. The number of ether oxygens (including phenoxy) is 2. The van der Waals surface area contributed by atoms with Gasteiger partial charge in [-0.3, -0.25) is 4.79 Å². The second kappa shape index (κ2) is 14.5. The number of nitrogens with zero attached hydrogens (tertiary/aromatic N) is 3. The molecule has 0 radical (unpaired) electrons. The summed E-state index contributed by atoms with van der Waals surface area (Å²) in [5.41, 5.74) is 1.16. The minimum Gasteiger partial charge on any atom is -0.497 e. The summed E-state index contributed by atoms with van der Waals surface area (Å²) in [7, 11) is 6.88. The first kappa shape index (κ1) is 27.5. The Bertz CT molecular complexity index is 863. The van der Waals surface area contributed by atoms with Crippen molar-refractivity contribution in [3.05, 3.63) is 59.9 Å². The lowest BCUT2D eigenvalue weighted by atomic mass is 10.1.